The largest absolute Gasteiger partial charge is 0.478 e. The van der Waals surface area contributed by atoms with E-state index < -0.39 is 5.97 Å². The molecule has 2 N–H and O–H groups in total. The molecule has 1 unspecified atom stereocenters. The Bertz CT molecular complexity index is 617. The number of rotatable bonds is 4. The number of H-pyrrole nitrogens is 1. The third-order valence-corrected chi connectivity index (χ3v) is 3.61. The van der Waals surface area contributed by atoms with Crippen LogP contribution < -0.4 is 0 Å². The molecule has 6 heteroatoms. The first-order valence-corrected chi connectivity index (χ1v) is 6.92. The lowest BCUT2D eigenvalue weighted by molar-refractivity contribution is 0.0112. The summed E-state index contributed by atoms with van der Waals surface area (Å²) >= 11 is 0. The van der Waals surface area contributed by atoms with Crippen LogP contribution in [-0.4, -0.2) is 38.7 Å². The summed E-state index contributed by atoms with van der Waals surface area (Å²) in [4.78, 5) is 22.5. The van der Waals surface area contributed by atoms with Crippen molar-refractivity contribution in [2.75, 3.05) is 6.61 Å². The van der Waals surface area contributed by atoms with Gasteiger partial charge in [-0.1, -0.05) is 0 Å². The van der Waals surface area contributed by atoms with E-state index in [1.54, 1.807) is 6.07 Å². The molecule has 2 aromatic rings. The maximum Gasteiger partial charge on any atom is 0.337 e. The number of fused-ring (bicyclic) bond motifs is 1. The number of nitrogens with one attached hydrogen (secondary N) is 1. The van der Waals surface area contributed by atoms with E-state index in [-0.39, 0.29) is 5.56 Å². The van der Waals surface area contributed by atoms with Crippen molar-refractivity contribution >= 4 is 17.1 Å². The van der Waals surface area contributed by atoms with Gasteiger partial charge in [-0.05, 0) is 31.7 Å². The minimum absolute atomic E-state index is 0.170. The molecule has 0 aliphatic carbocycles. The van der Waals surface area contributed by atoms with Gasteiger partial charge in [0, 0.05) is 19.2 Å². The molecule has 1 aliphatic heterocycles. The summed E-state index contributed by atoms with van der Waals surface area (Å²) in [5, 5.41) is 8.93. The molecule has 0 saturated carbocycles. The Labute approximate surface area is 116 Å². The molecule has 1 atom stereocenters. The monoisotopic (exact) mass is 275 g/mol. The van der Waals surface area contributed by atoms with Crippen molar-refractivity contribution in [3.05, 3.63) is 23.7 Å². The molecular weight excluding hydrogens is 258 g/mol. The lowest BCUT2D eigenvalue weighted by Gasteiger charge is -2.21. The second-order valence-electron chi connectivity index (χ2n) is 5.11. The topological polar surface area (TPSA) is 88.1 Å². The van der Waals surface area contributed by atoms with Gasteiger partial charge in [-0.3, -0.25) is 0 Å². The van der Waals surface area contributed by atoms with Gasteiger partial charge in [0.2, 0.25) is 0 Å². The zero-order chi connectivity index (χ0) is 13.9. The molecule has 1 fully saturated rings. The van der Waals surface area contributed by atoms with Crippen molar-refractivity contribution in [3.8, 4) is 0 Å². The molecule has 0 bridgehead atoms. The summed E-state index contributed by atoms with van der Waals surface area (Å²) in [6.45, 7) is 0.855. The molecule has 0 spiro atoms. The number of nitrogens with zero attached hydrogens (tertiary/aromatic N) is 2. The Morgan fingerprint density at radius 1 is 1.50 bits per heavy atom. The second-order valence-corrected chi connectivity index (χ2v) is 5.11. The predicted molar refractivity (Wildman–Crippen MR) is 72.8 cm³/mol. The van der Waals surface area contributed by atoms with E-state index in [1.165, 1.54) is 12.6 Å². The summed E-state index contributed by atoms with van der Waals surface area (Å²) in [6, 6.07) is 1.57. The highest BCUT2D eigenvalue weighted by molar-refractivity contribution is 5.90. The Morgan fingerprint density at radius 3 is 3.15 bits per heavy atom. The molecule has 0 aromatic carbocycles. The number of pyridine rings is 1. The summed E-state index contributed by atoms with van der Waals surface area (Å²) in [7, 11) is 0. The fraction of sp³-hybridized carbons (Fsp3) is 0.500. The lowest BCUT2D eigenvalue weighted by Crippen LogP contribution is -2.19. The number of aromatic nitrogens is 3. The molecule has 106 valence electrons. The van der Waals surface area contributed by atoms with Gasteiger partial charge in [0.25, 0.3) is 0 Å². The first kappa shape index (κ1) is 13.1. The van der Waals surface area contributed by atoms with Crippen LogP contribution in [0.3, 0.4) is 0 Å². The van der Waals surface area contributed by atoms with Gasteiger partial charge in [-0.15, -0.1) is 0 Å². The molecule has 2 aromatic heterocycles. The van der Waals surface area contributed by atoms with Gasteiger partial charge < -0.3 is 14.8 Å². The van der Waals surface area contributed by atoms with Crippen LogP contribution in [0.4, 0.5) is 0 Å². The molecule has 6 nitrogen and oxygen atoms in total. The Morgan fingerprint density at radius 2 is 2.40 bits per heavy atom. The zero-order valence-corrected chi connectivity index (χ0v) is 11.1. The highest BCUT2D eigenvalue weighted by atomic mass is 16.5. The second kappa shape index (κ2) is 5.58. The van der Waals surface area contributed by atoms with Gasteiger partial charge in [0.15, 0.2) is 5.65 Å². The third kappa shape index (κ3) is 2.80. The van der Waals surface area contributed by atoms with Crippen molar-refractivity contribution in [1.82, 2.24) is 15.0 Å². The number of aromatic carboxylic acids is 1. The van der Waals surface area contributed by atoms with Crippen molar-refractivity contribution < 1.29 is 14.6 Å². The standard InChI is InChI=1S/C14H17N3O3/c18-14(19)9-7-11-13(15-8-9)17-12(16-11)5-4-10-3-1-2-6-20-10/h7-8,10H,1-6H2,(H,18,19)(H,15,16,17). The zero-order valence-electron chi connectivity index (χ0n) is 11.1. The predicted octanol–water partition coefficient (Wildman–Crippen LogP) is 2.16. The van der Waals surface area contributed by atoms with Crippen molar-refractivity contribution in [2.45, 2.75) is 38.2 Å². The first-order chi connectivity index (χ1) is 9.72. The summed E-state index contributed by atoms with van der Waals surface area (Å²) < 4.78 is 5.69. The third-order valence-electron chi connectivity index (χ3n) is 3.61. The van der Waals surface area contributed by atoms with Crippen LogP contribution in [0.1, 0.15) is 41.9 Å². The number of carboxylic acid groups (broad SMARTS) is 1. The number of aryl methyl sites for hydroxylation is 1. The fourth-order valence-electron chi connectivity index (χ4n) is 2.52. The number of imidazole rings is 1. The molecule has 1 saturated heterocycles. The van der Waals surface area contributed by atoms with E-state index >= 15 is 0 Å². The SMILES string of the molecule is O=C(O)c1cnc2nc(CCC3CCCCO3)[nH]c2c1. The van der Waals surface area contributed by atoms with Gasteiger partial charge in [0.1, 0.15) is 5.82 Å². The van der Waals surface area contributed by atoms with E-state index in [2.05, 4.69) is 15.0 Å². The Kier molecular flexibility index (Phi) is 3.64. The minimum atomic E-state index is -0.980. The molecule has 3 heterocycles. The summed E-state index contributed by atoms with van der Waals surface area (Å²) in [5.74, 6) is -0.143. The fourth-order valence-corrected chi connectivity index (χ4v) is 2.52. The summed E-state index contributed by atoms with van der Waals surface area (Å²) in [6.07, 6.45) is 6.88. The molecule has 3 rings (SSSR count). The van der Waals surface area contributed by atoms with Gasteiger partial charge in [-0.25, -0.2) is 14.8 Å². The van der Waals surface area contributed by atoms with Gasteiger partial charge >= 0.3 is 5.97 Å². The number of aromatic amines is 1. The normalized spacial score (nSPS) is 19.3. The van der Waals surface area contributed by atoms with Crippen molar-refractivity contribution in [3.63, 3.8) is 0 Å². The van der Waals surface area contributed by atoms with Gasteiger partial charge in [-0.2, -0.15) is 0 Å². The molecule has 0 radical (unpaired) electrons. The average Bonchev–Trinajstić information content (AvgIpc) is 2.88. The highest BCUT2D eigenvalue weighted by Gasteiger charge is 2.15. The van der Waals surface area contributed by atoms with E-state index in [0.717, 1.165) is 38.1 Å². The van der Waals surface area contributed by atoms with Crippen molar-refractivity contribution in [1.29, 1.82) is 0 Å². The Balaban J connectivity index is 1.70. The molecule has 1 aliphatic rings. The Hall–Kier alpha value is -1.95. The molecule has 20 heavy (non-hydrogen) atoms. The first-order valence-electron chi connectivity index (χ1n) is 6.92. The average molecular weight is 275 g/mol. The van der Waals surface area contributed by atoms with Gasteiger partial charge in [0.05, 0.1) is 17.2 Å². The number of hydrogen-bond acceptors (Lipinski definition) is 4. The maximum absolute atomic E-state index is 10.9. The van der Waals surface area contributed by atoms with E-state index in [9.17, 15) is 4.79 Å². The number of carbonyl (C=O) groups is 1. The van der Waals surface area contributed by atoms with Crippen LogP contribution in [-0.2, 0) is 11.2 Å². The molecular formula is C14H17N3O3. The molecule has 0 amide bonds. The minimum Gasteiger partial charge on any atom is -0.478 e. The lowest BCUT2D eigenvalue weighted by atomic mass is 10.0. The maximum atomic E-state index is 10.9. The van der Waals surface area contributed by atoms with Crippen LogP contribution in [0.5, 0.6) is 0 Å². The smallest absolute Gasteiger partial charge is 0.337 e. The van der Waals surface area contributed by atoms with E-state index in [1.807, 2.05) is 0 Å². The van der Waals surface area contributed by atoms with Crippen LogP contribution in [0.2, 0.25) is 0 Å². The number of ether oxygens (including phenoxy) is 1. The highest BCUT2D eigenvalue weighted by Crippen LogP contribution is 2.18. The quantitative estimate of drug-likeness (QED) is 0.892. The van der Waals surface area contributed by atoms with E-state index in [4.69, 9.17) is 9.84 Å². The van der Waals surface area contributed by atoms with Crippen LogP contribution in [0.25, 0.3) is 11.2 Å². The number of carboxylic acids is 1. The van der Waals surface area contributed by atoms with Crippen molar-refractivity contribution in [2.24, 2.45) is 0 Å². The van der Waals surface area contributed by atoms with Crippen LogP contribution in [0, 0.1) is 0 Å². The number of hydrogen-bond donors (Lipinski definition) is 2. The van der Waals surface area contributed by atoms with Crippen LogP contribution >= 0.6 is 0 Å². The van der Waals surface area contributed by atoms with Crippen LogP contribution in [0.15, 0.2) is 12.3 Å². The summed E-state index contributed by atoms with van der Waals surface area (Å²) in [5.41, 5.74) is 1.40. The van der Waals surface area contributed by atoms with E-state index in [0.29, 0.717) is 17.3 Å².